The Morgan fingerprint density at radius 1 is 1.36 bits per heavy atom. The number of nitrogens with zero attached hydrogens (tertiary/aromatic N) is 1. The van der Waals surface area contributed by atoms with Gasteiger partial charge in [-0.1, -0.05) is 34.1 Å². The van der Waals surface area contributed by atoms with Crippen LogP contribution in [0, 0.1) is 18.8 Å². The highest BCUT2D eigenvalue weighted by Crippen LogP contribution is 2.52. The molecule has 6 heteroatoms. The van der Waals surface area contributed by atoms with Gasteiger partial charge < -0.3 is 9.84 Å². The van der Waals surface area contributed by atoms with Crippen LogP contribution in [0.1, 0.15) is 5.56 Å². The number of benzene rings is 1. The van der Waals surface area contributed by atoms with Crippen LogP contribution in [0.4, 0.5) is 5.69 Å². The summed E-state index contributed by atoms with van der Waals surface area (Å²) < 4.78 is 6.55. The standard InChI is InChI=1S/C16H14BrNO4/c1-8-2-3-9(6-10(8)17)18-14(20)12-11-4-5-16(7-19,22-11)13(12)15(18)21/h2-6,11-13,19H,7H2,1H3/t11-,12-,13+,16+/m1/s1. The van der Waals surface area contributed by atoms with Crippen molar-refractivity contribution < 1.29 is 19.4 Å². The normalized spacial score (nSPS) is 35.6. The summed E-state index contributed by atoms with van der Waals surface area (Å²) in [5.74, 6) is -1.73. The fourth-order valence-electron chi connectivity index (χ4n) is 3.66. The van der Waals surface area contributed by atoms with Gasteiger partial charge in [-0.2, -0.15) is 0 Å². The lowest BCUT2D eigenvalue weighted by molar-refractivity contribution is -0.128. The second-order valence-electron chi connectivity index (χ2n) is 6.00. The average Bonchev–Trinajstić information content (AvgIpc) is 3.14. The summed E-state index contributed by atoms with van der Waals surface area (Å²) in [7, 11) is 0. The van der Waals surface area contributed by atoms with Gasteiger partial charge in [0.2, 0.25) is 11.8 Å². The van der Waals surface area contributed by atoms with Gasteiger partial charge in [0.15, 0.2) is 0 Å². The van der Waals surface area contributed by atoms with E-state index in [1.165, 1.54) is 4.90 Å². The van der Waals surface area contributed by atoms with Crippen LogP contribution in [0.5, 0.6) is 0 Å². The van der Waals surface area contributed by atoms with Gasteiger partial charge in [-0.05, 0) is 24.6 Å². The van der Waals surface area contributed by atoms with E-state index in [1.54, 1.807) is 24.3 Å². The number of fused-ring (bicyclic) bond motifs is 5. The zero-order valence-corrected chi connectivity index (χ0v) is 13.4. The molecule has 1 N–H and O–H groups in total. The first-order valence-electron chi connectivity index (χ1n) is 7.10. The Bertz CT molecular complexity index is 731. The summed E-state index contributed by atoms with van der Waals surface area (Å²) >= 11 is 3.43. The quantitative estimate of drug-likeness (QED) is 0.639. The number of amides is 2. The van der Waals surface area contributed by atoms with Crippen molar-refractivity contribution >= 4 is 33.4 Å². The molecule has 0 aliphatic carbocycles. The van der Waals surface area contributed by atoms with Crippen LogP contribution >= 0.6 is 15.9 Å². The van der Waals surface area contributed by atoms with Crippen LogP contribution in [-0.4, -0.2) is 35.2 Å². The Balaban J connectivity index is 1.77. The lowest BCUT2D eigenvalue weighted by Crippen LogP contribution is -2.43. The molecule has 3 heterocycles. The van der Waals surface area contributed by atoms with Gasteiger partial charge in [0.25, 0.3) is 0 Å². The van der Waals surface area contributed by atoms with Crippen molar-refractivity contribution in [2.75, 3.05) is 11.5 Å². The van der Waals surface area contributed by atoms with Crippen LogP contribution in [0.15, 0.2) is 34.8 Å². The summed E-state index contributed by atoms with van der Waals surface area (Å²) in [5.41, 5.74) is 0.535. The van der Waals surface area contributed by atoms with Gasteiger partial charge in [0.05, 0.1) is 30.2 Å². The van der Waals surface area contributed by atoms with Crippen molar-refractivity contribution in [1.82, 2.24) is 0 Å². The van der Waals surface area contributed by atoms with Crippen molar-refractivity contribution in [3.63, 3.8) is 0 Å². The minimum atomic E-state index is -1.04. The molecule has 2 fully saturated rings. The second kappa shape index (κ2) is 4.50. The largest absolute Gasteiger partial charge is 0.393 e. The number of aliphatic hydroxyl groups excluding tert-OH is 1. The summed E-state index contributed by atoms with van der Waals surface area (Å²) in [6, 6.07) is 5.39. The molecule has 1 aromatic carbocycles. The number of aryl methyl sites for hydroxylation is 1. The molecule has 0 aromatic heterocycles. The molecule has 0 radical (unpaired) electrons. The Kier molecular flexibility index (Phi) is 2.89. The summed E-state index contributed by atoms with van der Waals surface area (Å²) in [6.45, 7) is 1.64. The lowest BCUT2D eigenvalue weighted by atomic mass is 9.77. The van der Waals surface area contributed by atoms with E-state index in [-0.39, 0.29) is 18.4 Å². The molecule has 4 rings (SSSR count). The number of carbonyl (C=O) groups is 2. The molecule has 2 bridgehead atoms. The number of imide groups is 1. The zero-order valence-electron chi connectivity index (χ0n) is 11.8. The van der Waals surface area contributed by atoms with Crippen LogP contribution in [0.3, 0.4) is 0 Å². The van der Waals surface area contributed by atoms with Gasteiger partial charge in [-0.3, -0.25) is 9.59 Å². The first kappa shape index (κ1) is 14.1. The molecular formula is C16H14BrNO4. The number of rotatable bonds is 2. The Morgan fingerprint density at radius 2 is 2.14 bits per heavy atom. The summed E-state index contributed by atoms with van der Waals surface area (Å²) in [4.78, 5) is 26.8. The topological polar surface area (TPSA) is 66.8 Å². The fraction of sp³-hybridized carbons (Fsp3) is 0.375. The van der Waals surface area contributed by atoms with E-state index in [2.05, 4.69) is 15.9 Å². The van der Waals surface area contributed by atoms with E-state index in [0.717, 1.165) is 10.0 Å². The number of halogens is 1. The van der Waals surface area contributed by atoms with Crippen LogP contribution in [-0.2, 0) is 14.3 Å². The van der Waals surface area contributed by atoms with Crippen molar-refractivity contribution in [2.45, 2.75) is 18.6 Å². The molecule has 3 aliphatic rings. The number of anilines is 1. The van der Waals surface area contributed by atoms with Gasteiger partial charge in [-0.15, -0.1) is 0 Å². The molecule has 4 atom stereocenters. The molecule has 0 unspecified atom stereocenters. The molecular weight excluding hydrogens is 350 g/mol. The highest BCUT2D eigenvalue weighted by molar-refractivity contribution is 9.10. The third-order valence-corrected chi connectivity index (χ3v) is 5.67. The monoisotopic (exact) mass is 363 g/mol. The maximum atomic E-state index is 12.8. The zero-order chi connectivity index (χ0) is 15.6. The maximum absolute atomic E-state index is 12.8. The Hall–Kier alpha value is -1.50. The number of carbonyl (C=O) groups excluding carboxylic acids is 2. The molecule has 2 saturated heterocycles. The van der Waals surface area contributed by atoms with E-state index in [0.29, 0.717) is 5.69 Å². The van der Waals surface area contributed by atoms with Crippen LogP contribution < -0.4 is 4.90 Å². The Morgan fingerprint density at radius 3 is 2.82 bits per heavy atom. The number of ether oxygens (including phenoxy) is 1. The van der Waals surface area contributed by atoms with Crippen molar-refractivity contribution in [3.05, 3.63) is 40.4 Å². The van der Waals surface area contributed by atoms with Crippen LogP contribution in [0.25, 0.3) is 0 Å². The molecule has 5 nitrogen and oxygen atoms in total. The van der Waals surface area contributed by atoms with Gasteiger partial charge >= 0.3 is 0 Å². The van der Waals surface area contributed by atoms with Gasteiger partial charge in [0.1, 0.15) is 5.60 Å². The fourth-order valence-corrected chi connectivity index (χ4v) is 4.03. The molecule has 0 saturated carbocycles. The van der Waals surface area contributed by atoms with E-state index in [9.17, 15) is 14.7 Å². The molecule has 114 valence electrons. The molecule has 1 aromatic rings. The first-order valence-corrected chi connectivity index (χ1v) is 7.90. The summed E-state index contributed by atoms with van der Waals surface area (Å²) in [5, 5.41) is 9.67. The minimum Gasteiger partial charge on any atom is -0.393 e. The van der Waals surface area contributed by atoms with E-state index in [1.807, 2.05) is 13.0 Å². The van der Waals surface area contributed by atoms with Gasteiger partial charge in [-0.25, -0.2) is 4.90 Å². The van der Waals surface area contributed by atoms with Crippen molar-refractivity contribution in [1.29, 1.82) is 0 Å². The summed E-state index contributed by atoms with van der Waals surface area (Å²) in [6.07, 6.45) is 3.07. The van der Waals surface area contributed by atoms with Crippen LogP contribution in [0.2, 0.25) is 0 Å². The minimum absolute atomic E-state index is 0.254. The second-order valence-corrected chi connectivity index (χ2v) is 6.86. The highest BCUT2D eigenvalue weighted by Gasteiger charge is 2.67. The third kappa shape index (κ3) is 1.60. The predicted octanol–water partition coefficient (Wildman–Crippen LogP) is 1.56. The maximum Gasteiger partial charge on any atom is 0.241 e. The molecule has 3 aliphatic heterocycles. The Labute approximate surface area is 135 Å². The van der Waals surface area contributed by atoms with E-state index in [4.69, 9.17) is 4.74 Å². The number of hydrogen-bond donors (Lipinski definition) is 1. The molecule has 2 amide bonds. The smallest absolute Gasteiger partial charge is 0.241 e. The third-order valence-electron chi connectivity index (χ3n) is 4.82. The molecule has 0 spiro atoms. The van der Waals surface area contributed by atoms with E-state index >= 15 is 0 Å². The predicted molar refractivity (Wildman–Crippen MR) is 82.2 cm³/mol. The SMILES string of the molecule is Cc1ccc(N2C(=O)[C@H]3[C@@H](C2=O)[C@@]2(CO)C=C[C@H]3O2)cc1Br. The number of aliphatic hydroxyl groups is 1. The lowest BCUT2D eigenvalue weighted by Gasteiger charge is -2.26. The first-order chi connectivity index (χ1) is 10.5. The number of hydrogen-bond acceptors (Lipinski definition) is 4. The molecule has 22 heavy (non-hydrogen) atoms. The van der Waals surface area contributed by atoms with Gasteiger partial charge in [0, 0.05) is 4.47 Å². The van der Waals surface area contributed by atoms with E-state index < -0.39 is 23.5 Å². The highest BCUT2D eigenvalue weighted by atomic mass is 79.9. The van der Waals surface area contributed by atoms with Crippen molar-refractivity contribution in [3.8, 4) is 0 Å². The van der Waals surface area contributed by atoms with Crippen molar-refractivity contribution in [2.24, 2.45) is 11.8 Å². The average molecular weight is 364 g/mol.